The van der Waals surface area contributed by atoms with Gasteiger partial charge in [0.2, 0.25) is 5.91 Å². The van der Waals surface area contributed by atoms with E-state index in [-0.39, 0.29) is 0 Å². The molecule has 1 fully saturated rings. The van der Waals surface area contributed by atoms with E-state index < -0.39 is 0 Å². The Morgan fingerprint density at radius 2 is 2.25 bits per heavy atom. The van der Waals surface area contributed by atoms with Crippen molar-refractivity contribution in [3.05, 3.63) is 18.0 Å². The van der Waals surface area contributed by atoms with Gasteiger partial charge in [-0.25, -0.2) is 0 Å². The average molecular weight is 278 g/mol. The molecule has 1 N–H and O–H groups in total. The second-order valence-corrected chi connectivity index (χ2v) is 5.82. The summed E-state index contributed by atoms with van der Waals surface area (Å²) in [5.41, 5.74) is 1.19. The minimum absolute atomic E-state index is 0.318. The Bertz CT molecular complexity index is 443. The van der Waals surface area contributed by atoms with E-state index >= 15 is 0 Å². The Labute approximate surface area is 121 Å². The number of carbonyl (C=O) groups is 1. The maximum absolute atomic E-state index is 11.5. The third kappa shape index (κ3) is 3.82. The van der Waals surface area contributed by atoms with Crippen molar-refractivity contribution in [3.8, 4) is 0 Å². The van der Waals surface area contributed by atoms with E-state index in [4.69, 9.17) is 0 Å². The Morgan fingerprint density at radius 3 is 2.85 bits per heavy atom. The van der Waals surface area contributed by atoms with Gasteiger partial charge in [-0.3, -0.25) is 9.48 Å². The van der Waals surface area contributed by atoms with E-state index in [9.17, 15) is 4.79 Å². The zero-order chi connectivity index (χ0) is 14.5. The molecule has 1 aliphatic rings. The first-order chi connectivity index (χ1) is 9.58. The first-order valence-corrected chi connectivity index (χ1v) is 7.60. The number of hydrogen-bond acceptors (Lipinski definition) is 3. The second-order valence-electron chi connectivity index (χ2n) is 5.82. The van der Waals surface area contributed by atoms with Crippen LogP contribution in [0.5, 0.6) is 0 Å². The van der Waals surface area contributed by atoms with Crippen LogP contribution in [0.1, 0.15) is 44.7 Å². The van der Waals surface area contributed by atoms with Crippen LogP contribution >= 0.6 is 0 Å². The van der Waals surface area contributed by atoms with Crippen molar-refractivity contribution in [2.24, 2.45) is 0 Å². The lowest BCUT2D eigenvalue weighted by molar-refractivity contribution is -0.127. The van der Waals surface area contributed by atoms with Crippen molar-refractivity contribution in [2.45, 2.75) is 52.1 Å². The van der Waals surface area contributed by atoms with Crippen LogP contribution < -0.4 is 5.32 Å². The summed E-state index contributed by atoms with van der Waals surface area (Å²) in [6.45, 7) is 9.18. The number of nitrogens with one attached hydrogen (secondary N) is 1. The molecule has 5 heteroatoms. The molecule has 0 aliphatic carbocycles. The fourth-order valence-electron chi connectivity index (χ4n) is 2.60. The molecule has 0 radical (unpaired) electrons. The third-order valence-corrected chi connectivity index (χ3v) is 4.11. The zero-order valence-electron chi connectivity index (χ0n) is 12.8. The van der Waals surface area contributed by atoms with Crippen LogP contribution in [0.3, 0.4) is 0 Å². The van der Waals surface area contributed by atoms with Gasteiger partial charge < -0.3 is 10.2 Å². The lowest BCUT2D eigenvalue weighted by Gasteiger charge is -2.22. The predicted octanol–water partition coefficient (Wildman–Crippen LogP) is 1.74. The van der Waals surface area contributed by atoms with Gasteiger partial charge in [-0.1, -0.05) is 0 Å². The van der Waals surface area contributed by atoms with Crippen LogP contribution in [0.25, 0.3) is 0 Å². The topological polar surface area (TPSA) is 50.2 Å². The highest BCUT2D eigenvalue weighted by Gasteiger charge is 2.19. The van der Waals surface area contributed by atoms with E-state index in [1.807, 2.05) is 15.8 Å². The van der Waals surface area contributed by atoms with Gasteiger partial charge in [0.1, 0.15) is 0 Å². The summed E-state index contributed by atoms with van der Waals surface area (Å²) in [5.74, 6) is 0.318. The Morgan fingerprint density at radius 1 is 1.45 bits per heavy atom. The Kier molecular flexibility index (Phi) is 5.17. The van der Waals surface area contributed by atoms with Crippen LogP contribution in [0, 0.1) is 6.92 Å². The predicted molar refractivity (Wildman–Crippen MR) is 79.6 cm³/mol. The van der Waals surface area contributed by atoms with Gasteiger partial charge in [0.05, 0.1) is 12.2 Å². The van der Waals surface area contributed by atoms with E-state index in [1.54, 1.807) is 0 Å². The number of likely N-dealkylation sites (tertiary alicyclic amines) is 1. The molecule has 2 heterocycles. The summed E-state index contributed by atoms with van der Waals surface area (Å²) >= 11 is 0. The molecule has 1 aliphatic heterocycles. The molecule has 1 saturated heterocycles. The normalized spacial score (nSPS) is 18.6. The summed E-state index contributed by atoms with van der Waals surface area (Å²) in [7, 11) is 0. The van der Waals surface area contributed by atoms with E-state index in [1.165, 1.54) is 5.56 Å². The Balaban J connectivity index is 1.67. The number of amides is 1. The maximum Gasteiger partial charge on any atom is 0.222 e. The molecule has 0 spiro atoms. The van der Waals surface area contributed by atoms with Crippen molar-refractivity contribution in [3.63, 3.8) is 0 Å². The largest absolute Gasteiger partial charge is 0.343 e. The third-order valence-electron chi connectivity index (χ3n) is 4.11. The van der Waals surface area contributed by atoms with Crippen LogP contribution in [0.4, 0.5) is 0 Å². The van der Waals surface area contributed by atoms with E-state index in [2.05, 4.69) is 37.4 Å². The van der Waals surface area contributed by atoms with Gasteiger partial charge in [-0.15, -0.1) is 0 Å². The van der Waals surface area contributed by atoms with Crippen molar-refractivity contribution >= 4 is 5.91 Å². The minimum atomic E-state index is 0.318. The molecule has 1 amide bonds. The van der Waals surface area contributed by atoms with Gasteiger partial charge in [0.15, 0.2) is 0 Å². The molecule has 0 aromatic carbocycles. The maximum atomic E-state index is 11.5. The number of rotatable bonds is 7. The highest BCUT2D eigenvalue weighted by Crippen LogP contribution is 2.11. The molecule has 0 saturated carbocycles. The van der Waals surface area contributed by atoms with Crippen LogP contribution in [-0.4, -0.2) is 46.3 Å². The molecule has 1 aromatic rings. The Hall–Kier alpha value is -1.36. The molecule has 112 valence electrons. The SMILES string of the molecule is Cc1cnn([C@H](C)[C@@H](C)NCCCN2CCCC2=O)c1. The van der Waals surface area contributed by atoms with Crippen LogP contribution in [0.2, 0.25) is 0 Å². The summed E-state index contributed by atoms with van der Waals surface area (Å²) in [4.78, 5) is 13.5. The van der Waals surface area contributed by atoms with Gasteiger partial charge >= 0.3 is 0 Å². The molecule has 20 heavy (non-hydrogen) atoms. The summed E-state index contributed by atoms with van der Waals surface area (Å²) in [6, 6.07) is 0.695. The lowest BCUT2D eigenvalue weighted by Crippen LogP contribution is -2.36. The lowest BCUT2D eigenvalue weighted by atomic mass is 10.1. The number of hydrogen-bond donors (Lipinski definition) is 1. The van der Waals surface area contributed by atoms with Gasteiger partial charge in [0.25, 0.3) is 0 Å². The molecular formula is C15H26N4O. The standard InChI is InChI=1S/C15H26N4O/c1-12-10-17-19(11-12)14(3)13(2)16-7-5-9-18-8-4-6-15(18)20/h10-11,13-14,16H,4-9H2,1-3H3/t13-,14-/m1/s1. The smallest absolute Gasteiger partial charge is 0.222 e. The fourth-order valence-corrected chi connectivity index (χ4v) is 2.60. The van der Waals surface area contributed by atoms with Crippen molar-refractivity contribution in [2.75, 3.05) is 19.6 Å². The van der Waals surface area contributed by atoms with E-state index in [0.717, 1.165) is 38.9 Å². The van der Waals surface area contributed by atoms with Crippen LogP contribution in [0.15, 0.2) is 12.4 Å². The van der Waals surface area contributed by atoms with Crippen molar-refractivity contribution in [1.82, 2.24) is 20.0 Å². The van der Waals surface area contributed by atoms with Gasteiger partial charge in [-0.05, 0) is 45.7 Å². The molecule has 2 rings (SSSR count). The number of carbonyl (C=O) groups excluding carboxylic acids is 1. The molecular weight excluding hydrogens is 252 g/mol. The molecule has 1 aromatic heterocycles. The fraction of sp³-hybridized carbons (Fsp3) is 0.733. The molecule has 2 atom stereocenters. The zero-order valence-corrected chi connectivity index (χ0v) is 12.8. The van der Waals surface area contributed by atoms with E-state index in [0.29, 0.717) is 18.0 Å². The van der Waals surface area contributed by atoms with Crippen molar-refractivity contribution in [1.29, 1.82) is 0 Å². The quantitative estimate of drug-likeness (QED) is 0.773. The van der Waals surface area contributed by atoms with Crippen LogP contribution in [-0.2, 0) is 4.79 Å². The molecule has 0 bridgehead atoms. The molecule has 0 unspecified atom stereocenters. The summed E-state index contributed by atoms with van der Waals surface area (Å²) in [6.07, 6.45) is 6.74. The second kappa shape index (κ2) is 6.88. The minimum Gasteiger partial charge on any atom is -0.343 e. The highest BCUT2D eigenvalue weighted by atomic mass is 16.2. The monoisotopic (exact) mass is 278 g/mol. The van der Waals surface area contributed by atoms with Gasteiger partial charge in [0, 0.05) is 31.7 Å². The average Bonchev–Trinajstić information content (AvgIpc) is 3.03. The highest BCUT2D eigenvalue weighted by molar-refractivity contribution is 5.77. The first-order valence-electron chi connectivity index (χ1n) is 7.60. The summed E-state index contributed by atoms with van der Waals surface area (Å²) < 4.78 is 2.01. The number of aromatic nitrogens is 2. The number of aryl methyl sites for hydroxylation is 1. The number of nitrogens with zero attached hydrogens (tertiary/aromatic N) is 3. The van der Waals surface area contributed by atoms with Gasteiger partial charge in [-0.2, -0.15) is 5.10 Å². The van der Waals surface area contributed by atoms with Crippen molar-refractivity contribution < 1.29 is 4.79 Å². The first kappa shape index (κ1) is 15.0. The summed E-state index contributed by atoms with van der Waals surface area (Å²) in [5, 5.41) is 7.89. The molecule has 5 nitrogen and oxygen atoms in total.